The van der Waals surface area contributed by atoms with E-state index in [0.29, 0.717) is 4.88 Å². The highest BCUT2D eigenvalue weighted by molar-refractivity contribution is 7.16. The van der Waals surface area contributed by atoms with E-state index in [1.165, 1.54) is 18.3 Å². The summed E-state index contributed by atoms with van der Waals surface area (Å²) in [5.74, 6) is -2.55. The van der Waals surface area contributed by atoms with Gasteiger partial charge in [-0.15, -0.1) is 0 Å². The van der Waals surface area contributed by atoms with Crippen LogP contribution in [0.25, 0.3) is 0 Å². The molecule has 0 saturated heterocycles. The lowest BCUT2D eigenvalue weighted by atomic mass is 10.2. The zero-order valence-corrected chi connectivity index (χ0v) is 11.1. The van der Waals surface area contributed by atoms with Crippen molar-refractivity contribution >= 4 is 28.5 Å². The molecule has 2 rings (SSSR count). The van der Waals surface area contributed by atoms with Gasteiger partial charge in [0, 0.05) is 6.07 Å². The lowest BCUT2D eigenvalue weighted by Gasteiger charge is -2.01. The summed E-state index contributed by atoms with van der Waals surface area (Å²) in [6.45, 7) is 0. The number of carbonyl (C=O) groups excluding carboxylic acids is 1. The first-order valence-corrected chi connectivity index (χ1v) is 6.31. The molecule has 0 aliphatic carbocycles. The van der Waals surface area contributed by atoms with Gasteiger partial charge in [0.15, 0.2) is 0 Å². The van der Waals surface area contributed by atoms with E-state index < -0.39 is 28.0 Å². The number of amides is 1. The molecule has 21 heavy (non-hydrogen) atoms. The Morgan fingerprint density at radius 2 is 2.10 bits per heavy atom. The maximum Gasteiger partial charge on any atom is 0.324 e. The lowest BCUT2D eigenvalue weighted by Crippen LogP contribution is -2.19. The van der Waals surface area contributed by atoms with E-state index in [0.717, 1.165) is 29.5 Å². The van der Waals surface area contributed by atoms with Crippen molar-refractivity contribution in [1.82, 2.24) is 5.43 Å². The Labute approximate surface area is 120 Å². The minimum Gasteiger partial charge on any atom is -0.267 e. The zero-order chi connectivity index (χ0) is 15.4. The van der Waals surface area contributed by atoms with E-state index in [1.807, 2.05) is 5.43 Å². The number of hydrogen-bond donors (Lipinski definition) is 1. The summed E-state index contributed by atoms with van der Waals surface area (Å²) < 4.78 is 26.2. The van der Waals surface area contributed by atoms with Crippen molar-refractivity contribution in [1.29, 1.82) is 0 Å². The van der Waals surface area contributed by atoms with Crippen LogP contribution >= 0.6 is 11.3 Å². The Balaban J connectivity index is 2.04. The Hall–Kier alpha value is -2.68. The third kappa shape index (κ3) is 3.66. The third-order valence-electron chi connectivity index (χ3n) is 2.32. The largest absolute Gasteiger partial charge is 0.324 e. The Kier molecular flexibility index (Phi) is 4.33. The zero-order valence-electron chi connectivity index (χ0n) is 10.2. The number of carbonyl (C=O) groups is 1. The van der Waals surface area contributed by atoms with Gasteiger partial charge in [0.25, 0.3) is 5.91 Å². The molecule has 1 aromatic carbocycles. The summed E-state index contributed by atoms with van der Waals surface area (Å²) in [5, 5.41) is 13.9. The summed E-state index contributed by atoms with van der Waals surface area (Å²) in [6.07, 6.45) is 1.17. The standard InChI is InChI=1S/C12H7F2N3O3S/c13-7-1-3-10(14)9(5-7)12(18)16-15-6-8-2-4-11(21-8)17(19)20/h1-6H,(H,16,18)/b15-6+. The molecule has 1 N–H and O–H groups in total. The van der Waals surface area contributed by atoms with Crippen molar-refractivity contribution < 1.29 is 18.5 Å². The van der Waals surface area contributed by atoms with Gasteiger partial charge in [-0.3, -0.25) is 14.9 Å². The Morgan fingerprint density at radius 1 is 1.33 bits per heavy atom. The monoisotopic (exact) mass is 311 g/mol. The van der Waals surface area contributed by atoms with Gasteiger partial charge in [0.05, 0.1) is 21.6 Å². The second kappa shape index (κ2) is 6.18. The van der Waals surface area contributed by atoms with Crippen LogP contribution in [0.5, 0.6) is 0 Å². The van der Waals surface area contributed by atoms with Crippen LogP contribution in [0.3, 0.4) is 0 Å². The average molecular weight is 311 g/mol. The topological polar surface area (TPSA) is 84.6 Å². The molecule has 6 nitrogen and oxygen atoms in total. The maximum absolute atomic E-state index is 13.3. The molecule has 1 amide bonds. The number of hydrazone groups is 1. The van der Waals surface area contributed by atoms with E-state index in [2.05, 4.69) is 5.10 Å². The molecule has 0 spiro atoms. The van der Waals surface area contributed by atoms with Crippen molar-refractivity contribution in [3.8, 4) is 0 Å². The van der Waals surface area contributed by atoms with Gasteiger partial charge in [0.1, 0.15) is 11.6 Å². The van der Waals surface area contributed by atoms with Gasteiger partial charge < -0.3 is 0 Å². The smallest absolute Gasteiger partial charge is 0.267 e. The number of benzene rings is 1. The fourth-order valence-corrected chi connectivity index (χ4v) is 2.09. The summed E-state index contributed by atoms with van der Waals surface area (Å²) in [5.41, 5.74) is 1.53. The first kappa shape index (κ1) is 14.7. The highest BCUT2D eigenvalue weighted by Crippen LogP contribution is 2.22. The molecule has 0 bridgehead atoms. The first-order chi connectivity index (χ1) is 9.97. The Bertz CT molecular complexity index is 730. The average Bonchev–Trinajstić information content (AvgIpc) is 2.90. The highest BCUT2D eigenvalue weighted by atomic mass is 32.1. The van der Waals surface area contributed by atoms with Gasteiger partial charge in [-0.1, -0.05) is 11.3 Å². The van der Waals surface area contributed by atoms with Gasteiger partial charge in [-0.2, -0.15) is 5.10 Å². The fraction of sp³-hybridized carbons (Fsp3) is 0. The van der Waals surface area contributed by atoms with Gasteiger partial charge in [0.2, 0.25) is 0 Å². The van der Waals surface area contributed by atoms with Crippen molar-refractivity contribution in [3.05, 3.63) is 62.5 Å². The number of rotatable bonds is 4. The summed E-state index contributed by atoms with van der Waals surface area (Å²) in [6, 6.07) is 5.20. The predicted molar refractivity (Wildman–Crippen MR) is 72.4 cm³/mol. The highest BCUT2D eigenvalue weighted by Gasteiger charge is 2.12. The van der Waals surface area contributed by atoms with Gasteiger partial charge in [-0.25, -0.2) is 14.2 Å². The van der Waals surface area contributed by atoms with Crippen LogP contribution < -0.4 is 5.43 Å². The minimum absolute atomic E-state index is 0.0704. The number of nitro groups is 1. The van der Waals surface area contributed by atoms with E-state index in [1.54, 1.807) is 0 Å². The van der Waals surface area contributed by atoms with Crippen molar-refractivity contribution in [2.45, 2.75) is 0 Å². The summed E-state index contributed by atoms with van der Waals surface area (Å²) >= 11 is 0.860. The van der Waals surface area contributed by atoms with Crippen molar-refractivity contribution in [2.24, 2.45) is 5.10 Å². The van der Waals surface area contributed by atoms with Crippen molar-refractivity contribution in [2.75, 3.05) is 0 Å². The van der Waals surface area contributed by atoms with Gasteiger partial charge in [-0.05, 0) is 24.3 Å². The number of nitrogens with one attached hydrogen (secondary N) is 1. The molecule has 9 heteroatoms. The molecule has 0 aliphatic rings. The molecule has 2 aromatic rings. The second-order valence-corrected chi connectivity index (χ2v) is 4.85. The molecule has 0 atom stereocenters. The van der Waals surface area contributed by atoms with Crippen LogP contribution in [0.15, 0.2) is 35.4 Å². The van der Waals surface area contributed by atoms with Crippen LogP contribution in [0.1, 0.15) is 15.2 Å². The lowest BCUT2D eigenvalue weighted by molar-refractivity contribution is -0.380. The van der Waals surface area contributed by atoms with E-state index in [-0.39, 0.29) is 5.00 Å². The van der Waals surface area contributed by atoms with Gasteiger partial charge >= 0.3 is 5.00 Å². The number of halogens is 2. The summed E-state index contributed by atoms with van der Waals surface area (Å²) in [4.78, 5) is 21.9. The van der Waals surface area contributed by atoms with Crippen LogP contribution in [0.4, 0.5) is 13.8 Å². The number of thiophene rings is 1. The molecular weight excluding hydrogens is 304 g/mol. The predicted octanol–water partition coefficient (Wildman–Crippen LogP) is 2.70. The quantitative estimate of drug-likeness (QED) is 0.535. The fourth-order valence-electron chi connectivity index (χ4n) is 1.40. The van der Waals surface area contributed by atoms with E-state index >= 15 is 0 Å². The van der Waals surface area contributed by atoms with Crippen LogP contribution in [-0.2, 0) is 0 Å². The molecule has 0 unspecified atom stereocenters. The second-order valence-electron chi connectivity index (χ2n) is 3.76. The molecule has 108 valence electrons. The first-order valence-electron chi connectivity index (χ1n) is 5.50. The normalized spacial score (nSPS) is 10.8. The minimum atomic E-state index is -0.922. The van der Waals surface area contributed by atoms with Crippen molar-refractivity contribution in [3.63, 3.8) is 0 Å². The third-order valence-corrected chi connectivity index (χ3v) is 3.29. The van der Waals surface area contributed by atoms with Crippen LogP contribution in [-0.4, -0.2) is 17.0 Å². The van der Waals surface area contributed by atoms with E-state index in [4.69, 9.17) is 0 Å². The van der Waals surface area contributed by atoms with Crippen LogP contribution in [0, 0.1) is 21.7 Å². The Morgan fingerprint density at radius 3 is 2.76 bits per heavy atom. The molecule has 1 heterocycles. The molecule has 0 saturated carbocycles. The maximum atomic E-state index is 13.3. The van der Waals surface area contributed by atoms with Crippen LogP contribution in [0.2, 0.25) is 0 Å². The molecule has 1 aromatic heterocycles. The molecular formula is C12H7F2N3O3S. The summed E-state index contributed by atoms with van der Waals surface area (Å²) in [7, 11) is 0. The molecule has 0 radical (unpaired) electrons. The molecule has 0 aliphatic heterocycles. The number of nitrogens with zero attached hydrogens (tertiary/aromatic N) is 2. The SMILES string of the molecule is O=C(N/N=C/c1ccc([N+](=O)[O-])s1)c1cc(F)ccc1F. The molecule has 0 fully saturated rings. The number of hydrogen-bond acceptors (Lipinski definition) is 5. The van der Waals surface area contributed by atoms with E-state index in [9.17, 15) is 23.7 Å².